The number of hydrogen-bond donors (Lipinski definition) is 4. The molecule has 0 aliphatic rings. The maximum Gasteiger partial charge on any atom is 0.326 e. The highest BCUT2D eigenvalue weighted by atomic mass is 16.4. The fourth-order valence-electron chi connectivity index (χ4n) is 3.87. The number of carboxylic acids is 2. The molecule has 0 aliphatic carbocycles. The molecule has 2 amide bonds. The van der Waals surface area contributed by atoms with Crippen molar-refractivity contribution in [2.75, 3.05) is 0 Å². The molecule has 34 heavy (non-hydrogen) atoms. The normalized spacial score (nSPS) is 12.8. The topological polar surface area (TPSA) is 133 Å². The smallest absolute Gasteiger partial charge is 0.326 e. The minimum absolute atomic E-state index is 0.214. The number of carbonyl (C=O) groups is 4. The maximum absolute atomic E-state index is 12.5. The van der Waals surface area contributed by atoms with Crippen molar-refractivity contribution in [1.82, 2.24) is 10.6 Å². The van der Waals surface area contributed by atoms with Crippen molar-refractivity contribution >= 4 is 23.8 Å². The van der Waals surface area contributed by atoms with Crippen LogP contribution in [0.3, 0.4) is 0 Å². The number of aliphatic carboxylic acids is 2. The van der Waals surface area contributed by atoms with E-state index in [4.69, 9.17) is 5.11 Å². The van der Waals surface area contributed by atoms with Gasteiger partial charge in [0.25, 0.3) is 0 Å². The average molecular weight is 485 g/mol. The molecule has 0 rings (SSSR count). The highest BCUT2D eigenvalue weighted by Crippen LogP contribution is 2.13. The van der Waals surface area contributed by atoms with Crippen LogP contribution in [0.4, 0.5) is 0 Å². The molecule has 2 atom stereocenters. The van der Waals surface area contributed by atoms with E-state index in [0.717, 1.165) is 19.3 Å². The molecule has 0 aromatic carbocycles. The van der Waals surface area contributed by atoms with Crippen molar-refractivity contribution in [3.05, 3.63) is 0 Å². The van der Waals surface area contributed by atoms with Gasteiger partial charge in [0.2, 0.25) is 11.8 Å². The molecule has 0 saturated heterocycles. The molecule has 0 saturated carbocycles. The van der Waals surface area contributed by atoms with Gasteiger partial charge in [0.05, 0.1) is 0 Å². The molecule has 198 valence electrons. The van der Waals surface area contributed by atoms with E-state index in [1.807, 2.05) is 0 Å². The fraction of sp³-hybridized carbons (Fsp3) is 0.846. The minimum Gasteiger partial charge on any atom is -0.481 e. The van der Waals surface area contributed by atoms with Gasteiger partial charge in [-0.05, 0) is 18.8 Å². The third-order valence-electron chi connectivity index (χ3n) is 6.03. The summed E-state index contributed by atoms with van der Waals surface area (Å²) in [5.74, 6) is -3.49. The monoisotopic (exact) mass is 484 g/mol. The fourth-order valence-corrected chi connectivity index (χ4v) is 3.87. The maximum atomic E-state index is 12.5. The van der Waals surface area contributed by atoms with Crippen LogP contribution >= 0.6 is 0 Å². The highest BCUT2D eigenvalue weighted by Gasteiger charge is 2.28. The Morgan fingerprint density at radius 1 is 0.676 bits per heavy atom. The second-order valence-electron chi connectivity index (χ2n) is 9.61. The standard InChI is InChI=1S/C26H48N2O6/c1-4-5-6-7-8-9-10-11-12-13-14-15-16-17-22(29)28-24(20(2)3)25(32)27-21(26(33)34)18-19-23(30)31/h20-21,24H,4-19H2,1-3H3,(H,27,32)(H,28,29)(H,30,31)(H,33,34). The van der Waals surface area contributed by atoms with E-state index < -0.39 is 29.9 Å². The van der Waals surface area contributed by atoms with Gasteiger partial charge in [-0.25, -0.2) is 4.79 Å². The Hall–Kier alpha value is -2.12. The molecule has 0 aliphatic heterocycles. The molecule has 0 aromatic rings. The number of amides is 2. The Morgan fingerprint density at radius 3 is 1.56 bits per heavy atom. The van der Waals surface area contributed by atoms with Gasteiger partial charge in [0, 0.05) is 12.8 Å². The van der Waals surface area contributed by atoms with Gasteiger partial charge >= 0.3 is 11.9 Å². The van der Waals surface area contributed by atoms with Gasteiger partial charge < -0.3 is 20.8 Å². The summed E-state index contributed by atoms with van der Waals surface area (Å²) in [7, 11) is 0. The zero-order chi connectivity index (χ0) is 25.8. The van der Waals surface area contributed by atoms with E-state index >= 15 is 0 Å². The molecular formula is C26H48N2O6. The van der Waals surface area contributed by atoms with Gasteiger partial charge in [-0.1, -0.05) is 97.8 Å². The first-order valence-corrected chi connectivity index (χ1v) is 13.2. The first-order valence-electron chi connectivity index (χ1n) is 13.2. The summed E-state index contributed by atoms with van der Waals surface area (Å²) in [6.07, 6.45) is 15.6. The first-order chi connectivity index (χ1) is 16.2. The van der Waals surface area contributed by atoms with E-state index in [0.29, 0.717) is 6.42 Å². The van der Waals surface area contributed by atoms with Crippen LogP contribution in [0.25, 0.3) is 0 Å². The van der Waals surface area contributed by atoms with Crippen molar-refractivity contribution in [2.24, 2.45) is 5.92 Å². The molecule has 8 heteroatoms. The predicted octanol–water partition coefficient (Wildman–Crippen LogP) is 5.04. The van der Waals surface area contributed by atoms with Crippen LogP contribution in [0.1, 0.15) is 124 Å². The van der Waals surface area contributed by atoms with E-state index in [9.17, 15) is 24.3 Å². The molecule has 2 unspecified atom stereocenters. The lowest BCUT2D eigenvalue weighted by atomic mass is 10.0. The number of hydrogen-bond acceptors (Lipinski definition) is 4. The second kappa shape index (κ2) is 20.3. The van der Waals surface area contributed by atoms with Gasteiger partial charge in [-0.15, -0.1) is 0 Å². The summed E-state index contributed by atoms with van der Waals surface area (Å²) in [6.45, 7) is 5.77. The summed E-state index contributed by atoms with van der Waals surface area (Å²) in [4.78, 5) is 46.9. The van der Waals surface area contributed by atoms with Crippen molar-refractivity contribution < 1.29 is 29.4 Å². The zero-order valence-corrected chi connectivity index (χ0v) is 21.6. The van der Waals surface area contributed by atoms with E-state index in [1.165, 1.54) is 64.2 Å². The molecule has 4 N–H and O–H groups in total. The molecule has 0 aromatic heterocycles. The van der Waals surface area contributed by atoms with Crippen LogP contribution in [0, 0.1) is 5.92 Å². The van der Waals surface area contributed by atoms with Crippen LogP contribution in [-0.2, 0) is 19.2 Å². The van der Waals surface area contributed by atoms with E-state index in [2.05, 4.69) is 17.6 Å². The number of carbonyl (C=O) groups excluding carboxylic acids is 2. The van der Waals surface area contributed by atoms with Crippen molar-refractivity contribution in [3.63, 3.8) is 0 Å². The van der Waals surface area contributed by atoms with Crippen LogP contribution in [-0.4, -0.2) is 46.0 Å². The third kappa shape index (κ3) is 17.4. The largest absolute Gasteiger partial charge is 0.481 e. The lowest BCUT2D eigenvalue weighted by Crippen LogP contribution is -2.53. The number of rotatable bonds is 22. The minimum atomic E-state index is -1.30. The van der Waals surface area contributed by atoms with E-state index in [1.54, 1.807) is 13.8 Å². The van der Waals surface area contributed by atoms with E-state index in [-0.39, 0.29) is 24.7 Å². The molecular weight excluding hydrogens is 436 g/mol. The number of unbranched alkanes of at least 4 members (excludes halogenated alkanes) is 12. The van der Waals surface area contributed by atoms with Gasteiger partial charge in [-0.2, -0.15) is 0 Å². The molecule has 0 spiro atoms. The Labute approximate surface area is 205 Å². The molecule has 0 radical (unpaired) electrons. The lowest BCUT2D eigenvalue weighted by Gasteiger charge is -2.24. The van der Waals surface area contributed by atoms with Crippen molar-refractivity contribution in [3.8, 4) is 0 Å². The first kappa shape index (κ1) is 31.9. The van der Waals surface area contributed by atoms with Crippen LogP contribution in [0.2, 0.25) is 0 Å². The zero-order valence-electron chi connectivity index (χ0n) is 21.6. The predicted molar refractivity (Wildman–Crippen MR) is 134 cm³/mol. The lowest BCUT2D eigenvalue weighted by molar-refractivity contribution is -0.143. The average Bonchev–Trinajstić information content (AvgIpc) is 2.77. The SMILES string of the molecule is CCCCCCCCCCCCCCCC(=O)NC(C(=O)NC(CCC(=O)O)C(=O)O)C(C)C. The number of nitrogens with one attached hydrogen (secondary N) is 2. The molecule has 0 heterocycles. The summed E-state index contributed by atoms with van der Waals surface area (Å²) in [5.41, 5.74) is 0. The summed E-state index contributed by atoms with van der Waals surface area (Å²) in [5, 5.41) is 23.0. The quantitative estimate of drug-likeness (QED) is 0.159. The summed E-state index contributed by atoms with van der Waals surface area (Å²) in [6, 6.07) is -2.16. The Morgan fingerprint density at radius 2 is 1.15 bits per heavy atom. The summed E-state index contributed by atoms with van der Waals surface area (Å²) >= 11 is 0. The van der Waals surface area contributed by atoms with Crippen LogP contribution < -0.4 is 10.6 Å². The third-order valence-corrected chi connectivity index (χ3v) is 6.03. The Kier molecular flexibility index (Phi) is 19.0. The Balaban J connectivity index is 4.08. The van der Waals surface area contributed by atoms with Gasteiger partial charge in [0.1, 0.15) is 12.1 Å². The van der Waals surface area contributed by atoms with Gasteiger partial charge in [-0.3, -0.25) is 14.4 Å². The Bertz CT molecular complexity index is 594. The van der Waals surface area contributed by atoms with Crippen molar-refractivity contribution in [1.29, 1.82) is 0 Å². The van der Waals surface area contributed by atoms with Gasteiger partial charge in [0.15, 0.2) is 0 Å². The molecule has 0 bridgehead atoms. The molecule has 0 fully saturated rings. The van der Waals surface area contributed by atoms with Crippen molar-refractivity contribution in [2.45, 2.75) is 136 Å². The summed E-state index contributed by atoms with van der Waals surface area (Å²) < 4.78 is 0. The highest BCUT2D eigenvalue weighted by molar-refractivity contribution is 5.90. The van der Waals surface area contributed by atoms with Crippen LogP contribution in [0.5, 0.6) is 0 Å². The molecule has 8 nitrogen and oxygen atoms in total. The second-order valence-corrected chi connectivity index (χ2v) is 9.61. The number of carboxylic acid groups (broad SMARTS) is 2. The van der Waals surface area contributed by atoms with Crippen LogP contribution in [0.15, 0.2) is 0 Å².